The molecule has 1 N–H and O–H groups in total. The van der Waals surface area contributed by atoms with E-state index in [9.17, 15) is 0 Å². The predicted molar refractivity (Wildman–Crippen MR) is 85.5 cm³/mol. The van der Waals surface area contributed by atoms with Gasteiger partial charge in [-0.2, -0.15) is 0 Å². The van der Waals surface area contributed by atoms with Gasteiger partial charge in [0.05, 0.1) is 11.9 Å². The number of aryl methyl sites for hydroxylation is 1. The minimum Gasteiger partial charge on any atom is -0.381 e. The SMILES string of the molecule is Cc1cc(NC2CCC(C(C)(C)C)CC2)cnc1Br. The van der Waals surface area contributed by atoms with Gasteiger partial charge in [-0.3, -0.25) is 0 Å². The van der Waals surface area contributed by atoms with E-state index in [0.29, 0.717) is 11.5 Å². The van der Waals surface area contributed by atoms with Crippen molar-refractivity contribution in [1.82, 2.24) is 4.98 Å². The molecule has 1 aromatic heterocycles. The molecular weight excluding hydrogens is 300 g/mol. The van der Waals surface area contributed by atoms with E-state index in [-0.39, 0.29) is 0 Å². The van der Waals surface area contributed by atoms with Crippen molar-refractivity contribution in [3.8, 4) is 0 Å². The molecule has 0 bridgehead atoms. The summed E-state index contributed by atoms with van der Waals surface area (Å²) in [6.45, 7) is 9.19. The summed E-state index contributed by atoms with van der Waals surface area (Å²) >= 11 is 3.45. The average Bonchev–Trinajstić information content (AvgIpc) is 2.33. The van der Waals surface area contributed by atoms with Gasteiger partial charge in [-0.1, -0.05) is 20.8 Å². The Balaban J connectivity index is 1.90. The molecule has 1 aliphatic rings. The van der Waals surface area contributed by atoms with Crippen molar-refractivity contribution >= 4 is 21.6 Å². The molecule has 0 aliphatic heterocycles. The third kappa shape index (κ3) is 3.95. The molecule has 19 heavy (non-hydrogen) atoms. The van der Waals surface area contributed by atoms with Crippen molar-refractivity contribution < 1.29 is 0 Å². The van der Waals surface area contributed by atoms with Crippen LogP contribution in [0.4, 0.5) is 5.69 Å². The average molecular weight is 325 g/mol. The van der Waals surface area contributed by atoms with E-state index in [0.717, 1.165) is 16.2 Å². The molecule has 2 nitrogen and oxygen atoms in total. The molecule has 2 rings (SSSR count). The number of aromatic nitrogens is 1. The summed E-state index contributed by atoms with van der Waals surface area (Å²) in [6, 6.07) is 2.79. The lowest BCUT2D eigenvalue weighted by atomic mass is 9.71. The summed E-state index contributed by atoms with van der Waals surface area (Å²) in [5.41, 5.74) is 2.80. The van der Waals surface area contributed by atoms with Crippen LogP contribution < -0.4 is 5.32 Å². The number of nitrogens with one attached hydrogen (secondary N) is 1. The highest BCUT2D eigenvalue weighted by Crippen LogP contribution is 2.38. The number of nitrogens with zero attached hydrogens (tertiary/aromatic N) is 1. The zero-order valence-corrected chi connectivity index (χ0v) is 14.0. The molecule has 0 amide bonds. The molecular formula is C16H25BrN2. The van der Waals surface area contributed by atoms with Crippen LogP contribution in [-0.2, 0) is 0 Å². The first-order chi connectivity index (χ1) is 8.86. The molecule has 1 saturated carbocycles. The first kappa shape index (κ1) is 14.8. The molecule has 106 valence electrons. The highest BCUT2D eigenvalue weighted by molar-refractivity contribution is 9.10. The van der Waals surface area contributed by atoms with Gasteiger partial charge in [0.2, 0.25) is 0 Å². The van der Waals surface area contributed by atoms with Crippen LogP contribution in [0.3, 0.4) is 0 Å². The summed E-state index contributed by atoms with van der Waals surface area (Å²) in [5.74, 6) is 0.871. The van der Waals surface area contributed by atoms with Gasteiger partial charge in [0, 0.05) is 6.04 Å². The lowest BCUT2D eigenvalue weighted by molar-refractivity contribution is 0.173. The minimum absolute atomic E-state index is 0.459. The van der Waals surface area contributed by atoms with Gasteiger partial charge in [0.25, 0.3) is 0 Å². The monoisotopic (exact) mass is 324 g/mol. The summed E-state index contributed by atoms with van der Waals surface area (Å²) < 4.78 is 0.939. The van der Waals surface area contributed by atoms with Gasteiger partial charge in [-0.05, 0) is 71.5 Å². The van der Waals surface area contributed by atoms with E-state index in [4.69, 9.17) is 0 Å². The van der Waals surface area contributed by atoms with Gasteiger partial charge in [-0.25, -0.2) is 4.98 Å². The van der Waals surface area contributed by atoms with E-state index >= 15 is 0 Å². The number of pyridine rings is 1. The number of halogens is 1. The van der Waals surface area contributed by atoms with Crippen molar-refractivity contribution in [2.45, 2.75) is 59.4 Å². The zero-order valence-electron chi connectivity index (χ0n) is 12.5. The van der Waals surface area contributed by atoms with Crippen LogP contribution in [0, 0.1) is 18.3 Å². The van der Waals surface area contributed by atoms with Crippen molar-refractivity contribution in [3.05, 3.63) is 22.4 Å². The highest BCUT2D eigenvalue weighted by Gasteiger charge is 2.29. The second-order valence-electron chi connectivity index (χ2n) is 6.89. The normalized spacial score (nSPS) is 24.3. The van der Waals surface area contributed by atoms with Gasteiger partial charge in [0.1, 0.15) is 4.60 Å². The predicted octanol–water partition coefficient (Wildman–Crippen LogP) is 5.17. The fourth-order valence-corrected chi connectivity index (χ4v) is 3.19. The quantitative estimate of drug-likeness (QED) is 0.759. The Labute approximate surface area is 125 Å². The lowest BCUT2D eigenvalue weighted by Crippen LogP contribution is -2.31. The third-order valence-electron chi connectivity index (χ3n) is 4.34. The van der Waals surface area contributed by atoms with Crippen molar-refractivity contribution in [2.24, 2.45) is 11.3 Å². The zero-order chi connectivity index (χ0) is 14.0. The Morgan fingerprint density at radius 1 is 1.21 bits per heavy atom. The Morgan fingerprint density at radius 3 is 2.37 bits per heavy atom. The van der Waals surface area contributed by atoms with Crippen molar-refractivity contribution in [2.75, 3.05) is 5.32 Å². The highest BCUT2D eigenvalue weighted by atomic mass is 79.9. The van der Waals surface area contributed by atoms with E-state index in [2.05, 4.69) is 60.0 Å². The van der Waals surface area contributed by atoms with Gasteiger partial charge in [-0.15, -0.1) is 0 Å². The molecule has 3 heteroatoms. The molecule has 0 saturated heterocycles. The topological polar surface area (TPSA) is 24.9 Å². The van der Waals surface area contributed by atoms with Crippen LogP contribution in [0.1, 0.15) is 52.0 Å². The molecule has 1 fully saturated rings. The standard InChI is InChI=1S/C16H25BrN2/c1-11-9-14(10-18-15(11)17)19-13-7-5-12(6-8-13)16(2,3)4/h9-10,12-13,19H,5-8H2,1-4H3. The maximum absolute atomic E-state index is 4.35. The van der Waals surface area contributed by atoms with E-state index in [1.165, 1.54) is 31.2 Å². The van der Waals surface area contributed by atoms with Gasteiger partial charge in [0.15, 0.2) is 0 Å². The number of rotatable bonds is 2. The Morgan fingerprint density at radius 2 is 1.84 bits per heavy atom. The van der Waals surface area contributed by atoms with Crippen LogP contribution in [-0.4, -0.2) is 11.0 Å². The fraction of sp³-hybridized carbons (Fsp3) is 0.688. The smallest absolute Gasteiger partial charge is 0.109 e. The number of anilines is 1. The summed E-state index contributed by atoms with van der Waals surface area (Å²) in [5, 5.41) is 3.64. The second-order valence-corrected chi connectivity index (χ2v) is 7.64. The van der Waals surface area contributed by atoms with E-state index in [1.807, 2.05) is 6.20 Å². The number of hydrogen-bond donors (Lipinski definition) is 1. The Kier molecular flexibility index (Phi) is 4.54. The largest absolute Gasteiger partial charge is 0.381 e. The van der Waals surface area contributed by atoms with Crippen LogP contribution >= 0.6 is 15.9 Å². The first-order valence-corrected chi connectivity index (χ1v) is 8.04. The van der Waals surface area contributed by atoms with E-state index in [1.54, 1.807) is 0 Å². The summed E-state index contributed by atoms with van der Waals surface area (Å²) in [7, 11) is 0. The van der Waals surface area contributed by atoms with E-state index < -0.39 is 0 Å². The molecule has 0 atom stereocenters. The van der Waals surface area contributed by atoms with Crippen LogP contribution in [0.15, 0.2) is 16.9 Å². The van der Waals surface area contributed by atoms with Crippen LogP contribution in [0.2, 0.25) is 0 Å². The summed E-state index contributed by atoms with van der Waals surface area (Å²) in [6.07, 6.45) is 7.15. The van der Waals surface area contributed by atoms with Crippen LogP contribution in [0.25, 0.3) is 0 Å². The molecule has 1 aromatic rings. The molecule has 1 aliphatic carbocycles. The number of hydrogen-bond acceptors (Lipinski definition) is 2. The Hall–Kier alpha value is -0.570. The second kappa shape index (κ2) is 5.82. The van der Waals surface area contributed by atoms with Crippen molar-refractivity contribution in [1.29, 1.82) is 0 Å². The molecule has 0 radical (unpaired) electrons. The lowest BCUT2D eigenvalue weighted by Gasteiger charge is -2.37. The first-order valence-electron chi connectivity index (χ1n) is 7.25. The maximum atomic E-state index is 4.35. The summed E-state index contributed by atoms with van der Waals surface area (Å²) in [4.78, 5) is 4.35. The molecule has 0 aromatic carbocycles. The molecule has 0 spiro atoms. The van der Waals surface area contributed by atoms with Gasteiger partial charge < -0.3 is 5.32 Å². The maximum Gasteiger partial charge on any atom is 0.109 e. The third-order valence-corrected chi connectivity index (χ3v) is 5.17. The van der Waals surface area contributed by atoms with Crippen LogP contribution in [0.5, 0.6) is 0 Å². The van der Waals surface area contributed by atoms with Crippen molar-refractivity contribution in [3.63, 3.8) is 0 Å². The Bertz CT molecular complexity index is 429. The molecule has 1 heterocycles. The molecule has 0 unspecified atom stereocenters. The fourth-order valence-electron chi connectivity index (χ4n) is 2.98. The minimum atomic E-state index is 0.459. The van der Waals surface area contributed by atoms with Gasteiger partial charge >= 0.3 is 0 Å².